The van der Waals surface area contributed by atoms with E-state index in [9.17, 15) is 15.3 Å². The van der Waals surface area contributed by atoms with Gasteiger partial charge in [0.2, 0.25) is 0 Å². The van der Waals surface area contributed by atoms with Crippen molar-refractivity contribution in [2.24, 2.45) is 0 Å². The molecule has 1 saturated heterocycles. The van der Waals surface area contributed by atoms with E-state index < -0.39 is 30.7 Å². The Morgan fingerprint density at radius 1 is 1.21 bits per heavy atom. The molecular weight excluding hydrogens is 207 g/mol. The van der Waals surface area contributed by atoms with Crippen LogP contribution in [0.3, 0.4) is 0 Å². The van der Waals surface area contributed by atoms with E-state index in [0.717, 1.165) is 6.16 Å². The van der Waals surface area contributed by atoms with Crippen molar-refractivity contribution in [3.8, 4) is 0 Å². The average molecular weight is 224 g/mol. The molecule has 1 heterocycles. The summed E-state index contributed by atoms with van der Waals surface area (Å²) >= 11 is 0. The van der Waals surface area contributed by atoms with Crippen molar-refractivity contribution in [2.45, 2.75) is 37.6 Å². The fourth-order valence-corrected chi connectivity index (χ4v) is 1.47. The molecule has 0 aromatic carbocycles. The van der Waals surface area contributed by atoms with Gasteiger partial charge in [-0.1, -0.05) is 0 Å². The first-order valence-electron chi connectivity index (χ1n) is 4.59. The fourth-order valence-electron chi connectivity index (χ4n) is 1.34. The van der Waals surface area contributed by atoms with E-state index in [0.29, 0.717) is 6.61 Å². The predicted molar refractivity (Wildman–Crippen MR) is 52.9 cm³/mol. The summed E-state index contributed by atoms with van der Waals surface area (Å²) < 4.78 is 10.4. The number of ether oxygens (including phenoxy) is 2. The van der Waals surface area contributed by atoms with Crippen molar-refractivity contribution in [1.29, 1.82) is 0 Å². The van der Waals surface area contributed by atoms with Crippen molar-refractivity contribution in [3.05, 3.63) is 0 Å². The molecule has 84 valence electrons. The van der Waals surface area contributed by atoms with Gasteiger partial charge in [0.1, 0.15) is 18.3 Å². The maximum Gasteiger partial charge on any atom is 0.186 e. The number of hydrogen-bond donors (Lipinski definition) is 3. The Morgan fingerprint density at radius 3 is 2.43 bits per heavy atom. The zero-order valence-corrected chi connectivity index (χ0v) is 9.19. The van der Waals surface area contributed by atoms with E-state index in [1.807, 2.05) is 0 Å². The Morgan fingerprint density at radius 2 is 1.86 bits per heavy atom. The van der Waals surface area contributed by atoms with Crippen LogP contribution in [0.1, 0.15) is 6.92 Å². The van der Waals surface area contributed by atoms with Gasteiger partial charge in [-0.15, -0.1) is 9.24 Å². The first-order chi connectivity index (χ1) is 6.57. The number of aliphatic hydroxyl groups is 3. The lowest BCUT2D eigenvalue weighted by Gasteiger charge is -2.38. The molecule has 1 aliphatic rings. The second kappa shape index (κ2) is 5.35. The van der Waals surface area contributed by atoms with Gasteiger partial charge in [-0.2, -0.15) is 0 Å². The van der Waals surface area contributed by atoms with Gasteiger partial charge >= 0.3 is 0 Å². The largest absolute Gasteiger partial charge is 0.388 e. The SMILES string of the molecule is CC1O[C@H](OCCP)C(O)C(O)[C@@H]1O. The van der Waals surface area contributed by atoms with E-state index in [1.54, 1.807) is 6.92 Å². The lowest BCUT2D eigenvalue weighted by Crippen LogP contribution is -2.57. The summed E-state index contributed by atoms with van der Waals surface area (Å²) in [6.45, 7) is 2.04. The Balaban J connectivity index is 2.52. The predicted octanol–water partition coefficient (Wildman–Crippen LogP) is -1.29. The summed E-state index contributed by atoms with van der Waals surface area (Å²) in [5, 5.41) is 28.3. The topological polar surface area (TPSA) is 79.2 Å². The van der Waals surface area contributed by atoms with Crippen LogP contribution in [-0.4, -0.2) is 58.8 Å². The Kier molecular flexibility index (Phi) is 4.70. The maximum atomic E-state index is 9.49. The molecule has 6 atom stereocenters. The van der Waals surface area contributed by atoms with E-state index in [2.05, 4.69) is 9.24 Å². The highest BCUT2D eigenvalue weighted by Crippen LogP contribution is 2.21. The standard InChI is InChI=1S/C8H17O5P/c1-4-5(9)6(10)7(11)8(13-4)12-2-3-14/h4-11H,2-3,14H2,1H3/t4?,5-,6?,7?,8+/m1/s1. The molecule has 0 spiro atoms. The summed E-state index contributed by atoms with van der Waals surface area (Å²) in [6, 6.07) is 0. The lowest BCUT2D eigenvalue weighted by molar-refractivity contribution is -0.291. The molecule has 0 aromatic rings. The van der Waals surface area contributed by atoms with Gasteiger partial charge < -0.3 is 24.8 Å². The van der Waals surface area contributed by atoms with Gasteiger partial charge in [-0.3, -0.25) is 0 Å². The van der Waals surface area contributed by atoms with Crippen LogP contribution in [0.4, 0.5) is 0 Å². The molecule has 6 heteroatoms. The van der Waals surface area contributed by atoms with Crippen LogP contribution in [0.2, 0.25) is 0 Å². The van der Waals surface area contributed by atoms with Crippen molar-refractivity contribution in [3.63, 3.8) is 0 Å². The molecule has 0 radical (unpaired) electrons. The Labute approximate surface area is 85.2 Å². The molecule has 14 heavy (non-hydrogen) atoms. The molecule has 5 nitrogen and oxygen atoms in total. The highest BCUT2D eigenvalue weighted by atomic mass is 31.0. The van der Waals surface area contributed by atoms with Crippen molar-refractivity contribution < 1.29 is 24.8 Å². The van der Waals surface area contributed by atoms with E-state index in [1.165, 1.54) is 0 Å². The van der Waals surface area contributed by atoms with Crippen LogP contribution in [0.5, 0.6) is 0 Å². The van der Waals surface area contributed by atoms with Crippen LogP contribution in [0.15, 0.2) is 0 Å². The highest BCUT2D eigenvalue weighted by Gasteiger charge is 2.42. The van der Waals surface area contributed by atoms with Crippen LogP contribution in [0.25, 0.3) is 0 Å². The maximum absolute atomic E-state index is 9.49. The quantitative estimate of drug-likeness (QED) is 0.520. The molecule has 0 saturated carbocycles. The first kappa shape index (κ1) is 12.3. The molecule has 1 aliphatic heterocycles. The van der Waals surface area contributed by atoms with Crippen LogP contribution in [0, 0.1) is 0 Å². The zero-order valence-electron chi connectivity index (χ0n) is 8.04. The second-order valence-corrected chi connectivity index (χ2v) is 3.92. The van der Waals surface area contributed by atoms with Gasteiger partial charge in [0.15, 0.2) is 6.29 Å². The van der Waals surface area contributed by atoms with E-state index in [4.69, 9.17) is 9.47 Å². The first-order valence-corrected chi connectivity index (χ1v) is 5.41. The molecular formula is C8H17O5P. The normalized spacial score (nSPS) is 43.9. The third-order valence-electron chi connectivity index (χ3n) is 2.21. The van der Waals surface area contributed by atoms with Crippen molar-refractivity contribution in [1.82, 2.24) is 0 Å². The van der Waals surface area contributed by atoms with Crippen molar-refractivity contribution >= 4 is 9.24 Å². The highest BCUT2D eigenvalue weighted by molar-refractivity contribution is 7.16. The summed E-state index contributed by atoms with van der Waals surface area (Å²) in [7, 11) is 2.48. The van der Waals surface area contributed by atoms with Gasteiger partial charge in [-0.25, -0.2) is 0 Å². The lowest BCUT2D eigenvalue weighted by atomic mass is 10.0. The molecule has 0 amide bonds. The molecule has 1 fully saturated rings. The van der Waals surface area contributed by atoms with Crippen LogP contribution in [-0.2, 0) is 9.47 Å². The van der Waals surface area contributed by atoms with Gasteiger partial charge in [0.25, 0.3) is 0 Å². The third-order valence-corrected chi connectivity index (χ3v) is 2.44. The third kappa shape index (κ3) is 2.63. The number of rotatable bonds is 3. The van der Waals surface area contributed by atoms with Gasteiger partial charge in [0, 0.05) is 0 Å². The fraction of sp³-hybridized carbons (Fsp3) is 1.00. The minimum Gasteiger partial charge on any atom is -0.388 e. The van der Waals surface area contributed by atoms with E-state index in [-0.39, 0.29) is 0 Å². The number of hydrogen-bond acceptors (Lipinski definition) is 5. The van der Waals surface area contributed by atoms with Crippen LogP contribution >= 0.6 is 9.24 Å². The minimum absolute atomic E-state index is 0.419. The average Bonchev–Trinajstić information content (AvgIpc) is 2.18. The van der Waals surface area contributed by atoms with E-state index >= 15 is 0 Å². The summed E-state index contributed by atoms with van der Waals surface area (Å²) in [5.41, 5.74) is 0. The zero-order chi connectivity index (χ0) is 10.7. The van der Waals surface area contributed by atoms with Gasteiger partial charge in [-0.05, 0) is 13.1 Å². The molecule has 0 aromatic heterocycles. The second-order valence-electron chi connectivity index (χ2n) is 3.34. The summed E-state index contributed by atoms with van der Waals surface area (Å²) in [6.07, 6.45) is -4.15. The number of aliphatic hydroxyl groups excluding tert-OH is 3. The molecule has 4 unspecified atom stereocenters. The van der Waals surface area contributed by atoms with Gasteiger partial charge in [0.05, 0.1) is 12.7 Å². The molecule has 3 N–H and O–H groups in total. The van der Waals surface area contributed by atoms with Crippen molar-refractivity contribution in [2.75, 3.05) is 12.8 Å². The Hall–Kier alpha value is 0.230. The molecule has 1 rings (SSSR count). The summed E-state index contributed by atoms with van der Waals surface area (Å²) in [5.74, 6) is 0. The monoisotopic (exact) mass is 224 g/mol. The smallest absolute Gasteiger partial charge is 0.186 e. The molecule has 0 aliphatic carbocycles. The molecule has 0 bridgehead atoms. The minimum atomic E-state index is -1.21. The van der Waals surface area contributed by atoms with Crippen LogP contribution < -0.4 is 0 Å². The Bertz CT molecular complexity index is 179. The summed E-state index contributed by atoms with van der Waals surface area (Å²) in [4.78, 5) is 0.